The van der Waals surface area contributed by atoms with E-state index in [4.69, 9.17) is 9.84 Å². The van der Waals surface area contributed by atoms with Crippen molar-refractivity contribution in [2.24, 2.45) is 0 Å². The number of β-amino-alcohol motifs (C(OH)–C–C–N with tert-alkyl or cyclic N) is 1. The highest BCUT2D eigenvalue weighted by Gasteiger charge is 2.27. The minimum atomic E-state index is -0.689. The van der Waals surface area contributed by atoms with Crippen LogP contribution in [0.1, 0.15) is 36.5 Å². The zero-order chi connectivity index (χ0) is 15.9. The number of aliphatic hydroxyl groups excluding tert-OH is 3. The predicted octanol–water partition coefficient (Wildman–Crippen LogP) is 1.07. The normalized spacial score (nSPS) is 21.9. The van der Waals surface area contributed by atoms with Crippen LogP contribution in [0.25, 0.3) is 0 Å². The first-order valence-corrected chi connectivity index (χ1v) is 7.93. The summed E-state index contributed by atoms with van der Waals surface area (Å²) in [6.45, 7) is 2.24. The van der Waals surface area contributed by atoms with Crippen molar-refractivity contribution in [3.63, 3.8) is 0 Å². The van der Waals surface area contributed by atoms with Gasteiger partial charge in [-0.25, -0.2) is 0 Å². The van der Waals surface area contributed by atoms with E-state index in [1.807, 2.05) is 0 Å². The average Bonchev–Trinajstić information content (AvgIpc) is 2.94. The van der Waals surface area contributed by atoms with Crippen LogP contribution in [0.5, 0.6) is 0 Å². The molecule has 0 saturated carbocycles. The summed E-state index contributed by atoms with van der Waals surface area (Å²) in [6, 6.07) is 7.56. The van der Waals surface area contributed by atoms with Gasteiger partial charge in [0.2, 0.25) is 0 Å². The molecule has 5 nitrogen and oxygen atoms in total. The fourth-order valence-corrected chi connectivity index (χ4v) is 3.10. The highest BCUT2D eigenvalue weighted by atomic mass is 16.5. The second-order valence-electron chi connectivity index (χ2n) is 6.05. The largest absolute Gasteiger partial charge is 0.392 e. The van der Waals surface area contributed by atoms with E-state index in [9.17, 15) is 10.2 Å². The number of nitrogens with zero attached hydrogens (tertiary/aromatic N) is 1. The van der Waals surface area contributed by atoms with Gasteiger partial charge in [0.1, 0.15) is 0 Å². The van der Waals surface area contributed by atoms with E-state index in [1.165, 1.54) is 0 Å². The zero-order valence-corrected chi connectivity index (χ0v) is 13.2. The molecule has 5 heteroatoms. The lowest BCUT2D eigenvalue weighted by Gasteiger charge is -2.27. The molecule has 0 bridgehead atoms. The molecule has 1 aromatic rings. The van der Waals surface area contributed by atoms with Crippen molar-refractivity contribution in [1.82, 2.24) is 4.90 Å². The summed E-state index contributed by atoms with van der Waals surface area (Å²) in [7, 11) is 1.70. The van der Waals surface area contributed by atoms with E-state index < -0.39 is 12.2 Å². The van der Waals surface area contributed by atoms with Crippen molar-refractivity contribution in [2.75, 3.05) is 26.8 Å². The number of methoxy groups -OCH3 is 1. The number of ether oxygens (including phenoxy) is 1. The van der Waals surface area contributed by atoms with Crippen molar-refractivity contribution in [3.05, 3.63) is 35.4 Å². The third-order valence-corrected chi connectivity index (χ3v) is 4.35. The SMILES string of the molecule is COC[C@@H]1CCCN1C[C@@H](O)C[C@@H](O)c1ccc(CO)cc1. The number of likely N-dealkylation sites (tertiary alicyclic amines) is 1. The van der Waals surface area contributed by atoms with E-state index in [0.29, 0.717) is 25.6 Å². The number of benzene rings is 1. The first-order valence-electron chi connectivity index (χ1n) is 7.93. The lowest BCUT2D eigenvalue weighted by Crippen LogP contribution is -2.39. The highest BCUT2D eigenvalue weighted by molar-refractivity contribution is 5.23. The first kappa shape index (κ1) is 17.4. The maximum absolute atomic E-state index is 10.2. The van der Waals surface area contributed by atoms with Gasteiger partial charge in [-0.1, -0.05) is 24.3 Å². The Hall–Kier alpha value is -0.980. The Bertz CT molecular complexity index is 437. The molecule has 0 aliphatic carbocycles. The van der Waals surface area contributed by atoms with Crippen molar-refractivity contribution in [2.45, 2.75) is 44.1 Å². The summed E-state index contributed by atoms with van der Waals surface area (Å²) in [5.41, 5.74) is 1.59. The van der Waals surface area contributed by atoms with Crippen LogP contribution in [-0.4, -0.2) is 59.2 Å². The highest BCUT2D eigenvalue weighted by Crippen LogP contribution is 2.22. The monoisotopic (exact) mass is 309 g/mol. The van der Waals surface area contributed by atoms with Gasteiger partial charge in [0, 0.05) is 26.1 Å². The van der Waals surface area contributed by atoms with Gasteiger partial charge in [0.25, 0.3) is 0 Å². The zero-order valence-electron chi connectivity index (χ0n) is 13.2. The molecule has 1 heterocycles. The van der Waals surface area contributed by atoms with Crippen molar-refractivity contribution in [1.29, 1.82) is 0 Å². The van der Waals surface area contributed by atoms with Crippen molar-refractivity contribution < 1.29 is 20.1 Å². The van der Waals surface area contributed by atoms with Crippen LogP contribution < -0.4 is 0 Å². The molecule has 3 atom stereocenters. The first-order chi connectivity index (χ1) is 10.6. The Morgan fingerprint density at radius 3 is 2.64 bits per heavy atom. The number of hydrogen-bond donors (Lipinski definition) is 3. The minimum absolute atomic E-state index is 0.00511. The van der Waals surface area contributed by atoms with Gasteiger partial charge < -0.3 is 20.1 Å². The Morgan fingerprint density at radius 2 is 2.00 bits per heavy atom. The topological polar surface area (TPSA) is 73.2 Å². The van der Waals surface area contributed by atoms with Gasteiger partial charge in [-0.15, -0.1) is 0 Å². The maximum Gasteiger partial charge on any atom is 0.0815 e. The third kappa shape index (κ3) is 4.76. The van der Waals surface area contributed by atoms with Crippen LogP contribution in [-0.2, 0) is 11.3 Å². The standard InChI is InChI=1S/C17H27NO4/c1-22-12-15-3-2-8-18(15)10-16(20)9-17(21)14-6-4-13(11-19)5-7-14/h4-7,15-17,19-21H,2-3,8-12H2,1H3/t15-,16-,17+/m0/s1. The molecular formula is C17H27NO4. The van der Waals surface area contributed by atoms with E-state index >= 15 is 0 Å². The number of aliphatic hydroxyl groups is 3. The van der Waals surface area contributed by atoms with Crippen LogP contribution in [0.3, 0.4) is 0 Å². The van der Waals surface area contributed by atoms with Gasteiger partial charge in [0.15, 0.2) is 0 Å². The van der Waals surface area contributed by atoms with Crippen LogP contribution in [0.4, 0.5) is 0 Å². The molecule has 1 aromatic carbocycles. The summed E-state index contributed by atoms with van der Waals surface area (Å²) in [4.78, 5) is 2.25. The predicted molar refractivity (Wildman–Crippen MR) is 84.4 cm³/mol. The molecule has 0 unspecified atom stereocenters. The average molecular weight is 309 g/mol. The quantitative estimate of drug-likeness (QED) is 0.670. The molecule has 124 valence electrons. The molecule has 1 fully saturated rings. The Kier molecular flexibility index (Phi) is 6.79. The van der Waals surface area contributed by atoms with Crippen LogP contribution in [0, 0.1) is 0 Å². The Balaban J connectivity index is 1.83. The third-order valence-electron chi connectivity index (χ3n) is 4.35. The lowest BCUT2D eigenvalue weighted by atomic mass is 10.0. The Morgan fingerprint density at radius 1 is 1.27 bits per heavy atom. The molecule has 1 aliphatic rings. The van der Waals surface area contributed by atoms with E-state index in [1.54, 1.807) is 31.4 Å². The van der Waals surface area contributed by atoms with E-state index in [-0.39, 0.29) is 6.61 Å². The van der Waals surface area contributed by atoms with Gasteiger partial charge in [-0.05, 0) is 30.5 Å². The number of hydrogen-bond acceptors (Lipinski definition) is 5. The molecule has 1 saturated heterocycles. The van der Waals surface area contributed by atoms with Crippen molar-refractivity contribution in [3.8, 4) is 0 Å². The summed E-state index contributed by atoms with van der Waals surface area (Å²) < 4.78 is 5.22. The number of rotatable bonds is 8. The summed E-state index contributed by atoms with van der Waals surface area (Å²) in [5.74, 6) is 0. The summed E-state index contributed by atoms with van der Waals surface area (Å²) >= 11 is 0. The summed E-state index contributed by atoms with van der Waals surface area (Å²) in [6.07, 6.45) is 1.29. The second kappa shape index (κ2) is 8.60. The van der Waals surface area contributed by atoms with Crippen molar-refractivity contribution >= 4 is 0 Å². The second-order valence-corrected chi connectivity index (χ2v) is 6.05. The van der Waals surface area contributed by atoms with Gasteiger partial charge in [-0.2, -0.15) is 0 Å². The van der Waals surface area contributed by atoms with Crippen LogP contribution in [0.2, 0.25) is 0 Å². The molecule has 0 spiro atoms. The molecule has 22 heavy (non-hydrogen) atoms. The molecule has 3 N–H and O–H groups in total. The molecule has 0 aromatic heterocycles. The van der Waals surface area contributed by atoms with Gasteiger partial charge >= 0.3 is 0 Å². The summed E-state index contributed by atoms with van der Waals surface area (Å²) in [5, 5.41) is 29.5. The molecule has 0 radical (unpaired) electrons. The smallest absolute Gasteiger partial charge is 0.0815 e. The van der Waals surface area contributed by atoms with Crippen LogP contribution in [0.15, 0.2) is 24.3 Å². The maximum atomic E-state index is 10.2. The fourth-order valence-electron chi connectivity index (χ4n) is 3.10. The molecule has 0 amide bonds. The molecular weight excluding hydrogens is 282 g/mol. The van der Waals surface area contributed by atoms with E-state index in [2.05, 4.69) is 4.90 Å². The molecule has 1 aliphatic heterocycles. The van der Waals surface area contributed by atoms with Gasteiger partial charge in [0.05, 0.1) is 25.4 Å². The lowest BCUT2D eigenvalue weighted by molar-refractivity contribution is 0.0374. The van der Waals surface area contributed by atoms with E-state index in [0.717, 1.165) is 30.5 Å². The van der Waals surface area contributed by atoms with Gasteiger partial charge in [-0.3, -0.25) is 4.90 Å². The van der Waals surface area contributed by atoms with Crippen LogP contribution >= 0.6 is 0 Å². The minimum Gasteiger partial charge on any atom is -0.392 e. The fraction of sp³-hybridized carbons (Fsp3) is 0.647. The Labute approximate surface area is 132 Å². The molecule has 2 rings (SSSR count).